The van der Waals surface area contributed by atoms with Crippen LogP contribution < -0.4 is 0 Å². The molecule has 1 rings (SSSR count). The fourth-order valence-electron chi connectivity index (χ4n) is 5.78. The smallest absolute Gasteiger partial charge is 0.186 e. The minimum Gasteiger partial charge on any atom is -0.394 e. The van der Waals surface area contributed by atoms with E-state index in [1.165, 1.54) is 116 Å². The summed E-state index contributed by atoms with van der Waals surface area (Å²) in [6, 6.07) is 0. The normalized spacial score (nSPS) is 23.3. The summed E-state index contributed by atoms with van der Waals surface area (Å²) in [5.41, 5.74) is 0. The van der Waals surface area contributed by atoms with Gasteiger partial charge in [-0.25, -0.2) is 0 Å². The molecule has 0 aromatic carbocycles. The van der Waals surface area contributed by atoms with Gasteiger partial charge in [-0.1, -0.05) is 128 Å². The van der Waals surface area contributed by atoms with E-state index in [1.54, 1.807) is 6.92 Å². The third kappa shape index (κ3) is 20.4. The van der Waals surface area contributed by atoms with Crippen molar-refractivity contribution in [3.63, 3.8) is 0 Å². The summed E-state index contributed by atoms with van der Waals surface area (Å²) in [6.45, 7) is 1.37. The molecule has 1 aliphatic heterocycles. The van der Waals surface area contributed by atoms with E-state index >= 15 is 0 Å². The molecule has 42 heavy (non-hydrogen) atoms. The lowest BCUT2D eigenvalue weighted by Gasteiger charge is -2.39. The number of unbranched alkanes of at least 4 members (excludes halogenated alkanes) is 20. The van der Waals surface area contributed by atoms with Crippen LogP contribution in [0.25, 0.3) is 0 Å². The van der Waals surface area contributed by atoms with Crippen molar-refractivity contribution in [1.82, 2.24) is 0 Å². The Morgan fingerprint density at radius 1 is 0.619 bits per heavy atom. The molecule has 5 N–H and O–H groups in total. The van der Waals surface area contributed by atoms with Gasteiger partial charge in [-0.05, 0) is 26.2 Å². The number of hydrogen-bond donors (Lipinski definition) is 5. The molecule has 6 atom stereocenters. The second-order valence-corrected chi connectivity index (χ2v) is 12.7. The Labute approximate surface area is 256 Å². The van der Waals surface area contributed by atoms with Crippen LogP contribution in [0.3, 0.4) is 0 Å². The van der Waals surface area contributed by atoms with Crippen LogP contribution in [0.15, 0.2) is 0 Å². The number of hydrogen-bond acceptors (Lipinski definition) is 8. The van der Waals surface area contributed by atoms with Gasteiger partial charge in [-0.2, -0.15) is 0 Å². The molecule has 0 aliphatic carbocycles. The van der Waals surface area contributed by atoms with Crippen molar-refractivity contribution >= 4 is 5.78 Å². The largest absolute Gasteiger partial charge is 0.394 e. The lowest BCUT2D eigenvalue weighted by Crippen LogP contribution is -2.59. The predicted octanol–water partition coefficient (Wildman–Crippen LogP) is 6.12. The molecular formula is C34H66O8. The van der Waals surface area contributed by atoms with E-state index in [1.807, 2.05) is 0 Å². The molecule has 0 aromatic heterocycles. The van der Waals surface area contributed by atoms with Gasteiger partial charge in [0, 0.05) is 6.42 Å². The Morgan fingerprint density at radius 3 is 1.43 bits per heavy atom. The number of ether oxygens (including phenoxy) is 2. The first-order chi connectivity index (χ1) is 20.4. The van der Waals surface area contributed by atoms with Crippen LogP contribution in [0.1, 0.15) is 161 Å². The van der Waals surface area contributed by atoms with Gasteiger partial charge >= 0.3 is 0 Å². The van der Waals surface area contributed by atoms with Crippen molar-refractivity contribution < 1.29 is 39.8 Å². The standard InChI is InChI=1S/C34H66O8/c1-28(36)23-21-19-17-15-13-11-9-7-5-3-2-4-6-8-10-12-14-16-18-20-22-24-29(37)25-26-41-34-33(40)32(39)31(38)30(27-35)42-34/h29-35,37-40H,2-27H2,1H3. The number of Topliss-reactive ketones (excluding diaryl/α,β-unsaturated/α-hetero) is 1. The third-order valence-corrected chi connectivity index (χ3v) is 8.65. The molecule has 0 spiro atoms. The van der Waals surface area contributed by atoms with E-state index in [0.717, 1.165) is 25.7 Å². The Balaban J connectivity index is 1.78. The van der Waals surface area contributed by atoms with Gasteiger partial charge in [-0.15, -0.1) is 0 Å². The molecule has 0 amide bonds. The summed E-state index contributed by atoms with van der Waals surface area (Å²) in [6.07, 6.45) is 22.3. The molecule has 250 valence electrons. The molecule has 0 saturated carbocycles. The average Bonchev–Trinajstić information content (AvgIpc) is 2.97. The maximum absolute atomic E-state index is 10.9. The minimum atomic E-state index is -1.45. The summed E-state index contributed by atoms with van der Waals surface area (Å²) in [5.74, 6) is 0.326. The van der Waals surface area contributed by atoms with Gasteiger partial charge in [0.2, 0.25) is 0 Å². The zero-order valence-corrected chi connectivity index (χ0v) is 26.8. The topological polar surface area (TPSA) is 137 Å². The van der Waals surface area contributed by atoms with Crippen LogP contribution in [0.2, 0.25) is 0 Å². The van der Waals surface area contributed by atoms with Crippen LogP contribution >= 0.6 is 0 Å². The lowest BCUT2D eigenvalue weighted by atomic mass is 9.99. The summed E-state index contributed by atoms with van der Waals surface area (Å²) < 4.78 is 10.8. The van der Waals surface area contributed by atoms with Gasteiger partial charge < -0.3 is 39.8 Å². The Kier molecular flexibility index (Phi) is 25.1. The molecule has 1 saturated heterocycles. The number of carbonyl (C=O) groups is 1. The van der Waals surface area contributed by atoms with Crippen LogP contribution in [-0.4, -0.2) is 81.3 Å². The van der Waals surface area contributed by atoms with Crippen LogP contribution in [0, 0.1) is 0 Å². The molecule has 1 aliphatic rings. The molecule has 6 unspecified atom stereocenters. The number of ketones is 1. The van der Waals surface area contributed by atoms with Gasteiger partial charge in [0.1, 0.15) is 30.2 Å². The van der Waals surface area contributed by atoms with E-state index in [0.29, 0.717) is 18.6 Å². The molecular weight excluding hydrogens is 536 g/mol. The fraction of sp³-hybridized carbons (Fsp3) is 0.971. The first-order valence-electron chi connectivity index (χ1n) is 17.5. The maximum atomic E-state index is 10.9. The highest BCUT2D eigenvalue weighted by atomic mass is 16.7. The van der Waals surface area contributed by atoms with E-state index in [-0.39, 0.29) is 6.61 Å². The van der Waals surface area contributed by atoms with Crippen LogP contribution in [0.4, 0.5) is 0 Å². The van der Waals surface area contributed by atoms with Crippen molar-refractivity contribution in [2.45, 2.75) is 198 Å². The number of rotatable bonds is 29. The zero-order chi connectivity index (χ0) is 30.8. The zero-order valence-electron chi connectivity index (χ0n) is 26.8. The highest BCUT2D eigenvalue weighted by Crippen LogP contribution is 2.22. The molecule has 0 bridgehead atoms. The van der Waals surface area contributed by atoms with Crippen LogP contribution in [0.5, 0.6) is 0 Å². The summed E-state index contributed by atoms with van der Waals surface area (Å²) in [5, 5.41) is 49.0. The average molecular weight is 603 g/mol. The predicted molar refractivity (Wildman–Crippen MR) is 167 cm³/mol. The third-order valence-electron chi connectivity index (χ3n) is 8.65. The minimum absolute atomic E-state index is 0.163. The maximum Gasteiger partial charge on any atom is 0.186 e. The monoisotopic (exact) mass is 602 g/mol. The Morgan fingerprint density at radius 2 is 1.02 bits per heavy atom. The molecule has 1 heterocycles. The number of aliphatic hydroxyl groups is 5. The molecule has 8 nitrogen and oxygen atoms in total. The molecule has 0 aromatic rings. The highest BCUT2D eigenvalue weighted by Gasteiger charge is 2.43. The van der Waals surface area contributed by atoms with Gasteiger partial charge in [0.15, 0.2) is 6.29 Å². The van der Waals surface area contributed by atoms with Crippen molar-refractivity contribution in [3.8, 4) is 0 Å². The van der Waals surface area contributed by atoms with Gasteiger partial charge in [-0.3, -0.25) is 0 Å². The molecule has 0 radical (unpaired) electrons. The molecule has 8 heteroatoms. The van der Waals surface area contributed by atoms with Gasteiger partial charge in [0.25, 0.3) is 0 Å². The number of carbonyl (C=O) groups excluding carboxylic acids is 1. The first kappa shape index (κ1) is 39.4. The fourth-order valence-corrected chi connectivity index (χ4v) is 5.78. The summed E-state index contributed by atoms with van der Waals surface area (Å²) in [7, 11) is 0. The van der Waals surface area contributed by atoms with Gasteiger partial charge in [0.05, 0.1) is 19.3 Å². The second kappa shape index (κ2) is 26.8. The number of aliphatic hydroxyl groups excluding tert-OH is 5. The van der Waals surface area contributed by atoms with Crippen LogP contribution in [-0.2, 0) is 14.3 Å². The van der Waals surface area contributed by atoms with Crippen molar-refractivity contribution in [3.05, 3.63) is 0 Å². The van der Waals surface area contributed by atoms with Crippen molar-refractivity contribution in [2.24, 2.45) is 0 Å². The summed E-state index contributed by atoms with van der Waals surface area (Å²) in [4.78, 5) is 10.9. The molecule has 1 fully saturated rings. The van der Waals surface area contributed by atoms with E-state index in [2.05, 4.69) is 0 Å². The van der Waals surface area contributed by atoms with Crippen molar-refractivity contribution in [2.75, 3.05) is 13.2 Å². The lowest BCUT2D eigenvalue weighted by molar-refractivity contribution is -0.301. The van der Waals surface area contributed by atoms with E-state index in [4.69, 9.17) is 9.47 Å². The van der Waals surface area contributed by atoms with E-state index in [9.17, 15) is 30.3 Å². The second-order valence-electron chi connectivity index (χ2n) is 12.7. The highest BCUT2D eigenvalue weighted by molar-refractivity contribution is 5.75. The SMILES string of the molecule is CC(=O)CCCCCCCCCCCCCCCCCCCCCCCC(O)CCOC1OC(CO)C(O)C(O)C1O. The summed E-state index contributed by atoms with van der Waals surface area (Å²) >= 11 is 0. The Hall–Kier alpha value is -0.610. The first-order valence-corrected chi connectivity index (χ1v) is 17.5. The quantitative estimate of drug-likeness (QED) is 0.0647. The van der Waals surface area contributed by atoms with Crippen molar-refractivity contribution in [1.29, 1.82) is 0 Å². The van der Waals surface area contributed by atoms with E-state index < -0.39 is 43.4 Å². The Bertz CT molecular complexity index is 616.